The van der Waals surface area contributed by atoms with Crippen molar-refractivity contribution in [2.45, 2.75) is 24.5 Å². The van der Waals surface area contributed by atoms with Crippen molar-refractivity contribution in [1.29, 1.82) is 0 Å². The lowest BCUT2D eigenvalue weighted by atomic mass is 10.1. The number of anilines is 1. The minimum Gasteiger partial charge on any atom is -0.386 e. The zero-order valence-electron chi connectivity index (χ0n) is 15.9. The van der Waals surface area contributed by atoms with Crippen molar-refractivity contribution in [1.82, 2.24) is 19.5 Å². The number of nitrogens with zero attached hydrogens (tertiary/aromatic N) is 4. The summed E-state index contributed by atoms with van der Waals surface area (Å²) in [7, 11) is 0. The SMILES string of the molecule is C=CCOC1C(CCl)OC(n2cnc3c(NC(=O)c4ccccc4)ncnc32)C1O. The van der Waals surface area contributed by atoms with E-state index in [0.29, 0.717) is 16.7 Å². The molecule has 1 aliphatic heterocycles. The van der Waals surface area contributed by atoms with Crippen LogP contribution in [-0.2, 0) is 9.47 Å². The van der Waals surface area contributed by atoms with Gasteiger partial charge in [0.05, 0.1) is 18.8 Å². The minimum absolute atomic E-state index is 0.148. The average Bonchev–Trinajstić information content (AvgIpc) is 3.34. The van der Waals surface area contributed by atoms with E-state index in [1.165, 1.54) is 12.7 Å². The van der Waals surface area contributed by atoms with Gasteiger partial charge in [-0.1, -0.05) is 24.3 Å². The van der Waals surface area contributed by atoms with Gasteiger partial charge in [0, 0.05) is 5.56 Å². The van der Waals surface area contributed by atoms with Crippen LogP contribution >= 0.6 is 11.6 Å². The van der Waals surface area contributed by atoms with E-state index in [1.54, 1.807) is 34.9 Å². The van der Waals surface area contributed by atoms with Gasteiger partial charge in [0.25, 0.3) is 5.91 Å². The zero-order chi connectivity index (χ0) is 21.1. The van der Waals surface area contributed by atoms with E-state index in [1.807, 2.05) is 6.07 Å². The Labute approximate surface area is 177 Å². The zero-order valence-corrected chi connectivity index (χ0v) is 16.6. The normalized spacial score (nSPS) is 23.5. The number of benzene rings is 1. The predicted octanol–water partition coefficient (Wildman–Crippen LogP) is 2.15. The monoisotopic (exact) mass is 429 g/mol. The van der Waals surface area contributed by atoms with Gasteiger partial charge in [0.2, 0.25) is 0 Å². The number of hydrogen-bond acceptors (Lipinski definition) is 7. The van der Waals surface area contributed by atoms with Crippen LogP contribution in [0.1, 0.15) is 16.6 Å². The van der Waals surface area contributed by atoms with Crippen LogP contribution in [0.5, 0.6) is 0 Å². The first-order chi connectivity index (χ1) is 14.6. The molecule has 4 rings (SSSR count). The molecule has 1 amide bonds. The topological polar surface area (TPSA) is 111 Å². The third kappa shape index (κ3) is 3.80. The fourth-order valence-electron chi connectivity index (χ4n) is 3.36. The highest BCUT2D eigenvalue weighted by molar-refractivity contribution is 6.18. The van der Waals surface area contributed by atoms with Gasteiger partial charge >= 0.3 is 0 Å². The first-order valence-corrected chi connectivity index (χ1v) is 9.83. The van der Waals surface area contributed by atoms with Gasteiger partial charge in [-0.2, -0.15) is 0 Å². The molecule has 30 heavy (non-hydrogen) atoms. The Balaban J connectivity index is 1.62. The van der Waals surface area contributed by atoms with Crippen molar-refractivity contribution in [2.75, 3.05) is 17.8 Å². The molecule has 0 spiro atoms. The number of rotatable bonds is 7. The molecule has 4 unspecified atom stereocenters. The van der Waals surface area contributed by atoms with E-state index in [2.05, 4.69) is 26.8 Å². The van der Waals surface area contributed by atoms with Crippen molar-refractivity contribution < 1.29 is 19.4 Å². The molecule has 0 radical (unpaired) electrons. The number of aromatic nitrogens is 4. The fraction of sp³-hybridized carbons (Fsp3) is 0.300. The van der Waals surface area contributed by atoms with Crippen molar-refractivity contribution in [2.24, 2.45) is 0 Å². The Kier molecular flexibility index (Phi) is 6.05. The third-order valence-electron chi connectivity index (χ3n) is 4.77. The highest BCUT2D eigenvalue weighted by atomic mass is 35.5. The number of ether oxygens (including phenoxy) is 2. The maximum atomic E-state index is 12.5. The summed E-state index contributed by atoms with van der Waals surface area (Å²) in [5.74, 6) is 0.0888. The second-order valence-corrected chi connectivity index (χ2v) is 6.97. The van der Waals surface area contributed by atoms with Crippen molar-refractivity contribution >= 4 is 34.5 Å². The van der Waals surface area contributed by atoms with Gasteiger partial charge in [0.1, 0.15) is 24.6 Å². The van der Waals surface area contributed by atoms with Crippen LogP contribution in [0.4, 0.5) is 5.82 Å². The molecule has 1 aromatic carbocycles. The van der Waals surface area contributed by atoms with Gasteiger partial charge in [-0.3, -0.25) is 9.36 Å². The lowest BCUT2D eigenvalue weighted by molar-refractivity contribution is -0.0307. The number of nitrogens with one attached hydrogen (secondary N) is 1. The van der Waals surface area contributed by atoms with E-state index in [0.717, 1.165) is 0 Å². The van der Waals surface area contributed by atoms with E-state index in [4.69, 9.17) is 21.1 Å². The van der Waals surface area contributed by atoms with E-state index in [-0.39, 0.29) is 24.2 Å². The van der Waals surface area contributed by atoms with Gasteiger partial charge in [-0.15, -0.1) is 18.2 Å². The second kappa shape index (κ2) is 8.88. The maximum absolute atomic E-state index is 12.5. The predicted molar refractivity (Wildman–Crippen MR) is 110 cm³/mol. The Morgan fingerprint density at radius 2 is 2.13 bits per heavy atom. The van der Waals surface area contributed by atoms with Crippen molar-refractivity contribution in [3.8, 4) is 0 Å². The van der Waals surface area contributed by atoms with Crippen LogP contribution in [0.25, 0.3) is 11.2 Å². The van der Waals surface area contributed by atoms with Crippen LogP contribution < -0.4 is 5.32 Å². The van der Waals surface area contributed by atoms with Crippen LogP contribution in [0.2, 0.25) is 0 Å². The Hall–Kier alpha value is -2.85. The summed E-state index contributed by atoms with van der Waals surface area (Å²) in [6, 6.07) is 8.77. The summed E-state index contributed by atoms with van der Waals surface area (Å²) in [6.45, 7) is 3.87. The number of carbonyl (C=O) groups is 1. The molecule has 0 saturated carbocycles. The number of aliphatic hydroxyl groups excluding tert-OH is 1. The first-order valence-electron chi connectivity index (χ1n) is 9.30. The fourth-order valence-corrected chi connectivity index (χ4v) is 3.61. The summed E-state index contributed by atoms with van der Waals surface area (Å²) < 4.78 is 13.1. The lowest BCUT2D eigenvalue weighted by Gasteiger charge is -2.19. The van der Waals surface area contributed by atoms with E-state index < -0.39 is 24.5 Å². The molecule has 9 nitrogen and oxygen atoms in total. The van der Waals surface area contributed by atoms with Crippen LogP contribution in [0, 0.1) is 0 Å². The molecule has 1 saturated heterocycles. The first kappa shape index (κ1) is 20.4. The maximum Gasteiger partial charge on any atom is 0.256 e. The van der Waals surface area contributed by atoms with Crippen molar-refractivity contribution in [3.05, 3.63) is 61.2 Å². The molecule has 10 heteroatoms. The Morgan fingerprint density at radius 3 is 2.87 bits per heavy atom. The summed E-state index contributed by atoms with van der Waals surface area (Å²) in [6.07, 6.45) is 1.45. The third-order valence-corrected chi connectivity index (χ3v) is 5.07. The molecule has 3 aromatic rings. The average molecular weight is 430 g/mol. The second-order valence-electron chi connectivity index (χ2n) is 6.66. The van der Waals surface area contributed by atoms with Gasteiger partial charge < -0.3 is 19.9 Å². The molecule has 1 fully saturated rings. The number of fused-ring (bicyclic) bond motifs is 1. The van der Waals surface area contributed by atoms with Crippen LogP contribution in [0.3, 0.4) is 0 Å². The smallest absolute Gasteiger partial charge is 0.256 e. The number of imidazole rings is 1. The molecular formula is C20H20ClN5O4. The minimum atomic E-state index is -0.997. The summed E-state index contributed by atoms with van der Waals surface area (Å²) in [5, 5.41) is 13.5. The number of amides is 1. The Bertz CT molecular complexity index is 1040. The molecule has 2 aromatic heterocycles. The lowest BCUT2D eigenvalue weighted by Crippen LogP contribution is -2.35. The molecule has 0 bridgehead atoms. The summed E-state index contributed by atoms with van der Waals surface area (Å²) in [5.41, 5.74) is 1.26. The van der Waals surface area contributed by atoms with Crippen LogP contribution in [-0.4, -0.2) is 61.3 Å². The Morgan fingerprint density at radius 1 is 1.33 bits per heavy atom. The summed E-state index contributed by atoms with van der Waals surface area (Å²) >= 11 is 5.99. The molecule has 0 aliphatic carbocycles. The largest absolute Gasteiger partial charge is 0.386 e. The van der Waals surface area contributed by atoms with E-state index >= 15 is 0 Å². The van der Waals surface area contributed by atoms with E-state index in [9.17, 15) is 9.90 Å². The molecular weight excluding hydrogens is 410 g/mol. The van der Waals surface area contributed by atoms with Crippen LogP contribution in [0.15, 0.2) is 55.6 Å². The highest BCUT2D eigenvalue weighted by Gasteiger charge is 2.45. The molecule has 156 valence electrons. The van der Waals surface area contributed by atoms with Gasteiger partial charge in [0.15, 0.2) is 23.2 Å². The molecule has 2 N–H and O–H groups in total. The quantitative estimate of drug-likeness (QED) is 0.437. The van der Waals surface area contributed by atoms with Crippen molar-refractivity contribution in [3.63, 3.8) is 0 Å². The van der Waals surface area contributed by atoms with Gasteiger partial charge in [-0.05, 0) is 12.1 Å². The molecule has 3 heterocycles. The number of carbonyl (C=O) groups excluding carboxylic acids is 1. The number of aliphatic hydroxyl groups is 1. The number of alkyl halides is 1. The molecule has 4 atom stereocenters. The number of hydrogen-bond donors (Lipinski definition) is 2. The standard InChI is InChI=1S/C20H20ClN5O4/c1-2-8-29-16-13(9-21)30-20(15(16)27)26-11-24-14-17(22-10-23-18(14)26)25-19(28)12-6-4-3-5-7-12/h2-7,10-11,13,15-16,20,27H,1,8-9H2,(H,22,23,25,28). The summed E-state index contributed by atoms with van der Waals surface area (Å²) in [4.78, 5) is 25.2. The molecule has 1 aliphatic rings. The highest BCUT2D eigenvalue weighted by Crippen LogP contribution is 2.34. The van der Waals surface area contributed by atoms with Gasteiger partial charge in [-0.25, -0.2) is 15.0 Å². The number of halogens is 1.